The molecule has 0 aromatic heterocycles. The Morgan fingerprint density at radius 2 is 1.67 bits per heavy atom. The first-order chi connectivity index (χ1) is 13.0. The normalized spacial score (nSPS) is 22.1. The molecule has 27 heavy (non-hydrogen) atoms. The molecular formula is C26H30O. The molecule has 0 fully saturated rings. The second-order valence-corrected chi connectivity index (χ2v) is 8.08. The number of aryl methyl sites for hydroxylation is 1. The van der Waals surface area contributed by atoms with Crippen molar-refractivity contribution in [2.45, 2.75) is 46.5 Å². The number of Topliss-reactive ketones (excluding diaryl/α,β-unsaturated/α-hetero) is 1. The summed E-state index contributed by atoms with van der Waals surface area (Å²) in [4.78, 5) is 13.6. The molecule has 2 aromatic rings. The van der Waals surface area contributed by atoms with Crippen molar-refractivity contribution < 1.29 is 4.79 Å². The first-order valence-corrected chi connectivity index (χ1v) is 9.93. The molecule has 0 radical (unpaired) electrons. The number of ketones is 1. The minimum Gasteiger partial charge on any atom is -0.294 e. The summed E-state index contributed by atoms with van der Waals surface area (Å²) >= 11 is 0. The molecule has 1 aliphatic carbocycles. The third-order valence-electron chi connectivity index (χ3n) is 5.79. The number of carbonyl (C=O) groups is 1. The maximum atomic E-state index is 13.6. The lowest BCUT2D eigenvalue weighted by Gasteiger charge is -2.37. The molecular weight excluding hydrogens is 328 g/mol. The zero-order valence-corrected chi connectivity index (χ0v) is 16.9. The standard InChI is InChI=1S/C26H30O/c1-18(2)10-16-23-20(4)13-17-24(21-8-6-5-7-9-21)25(23)26(27)22-14-11-19(3)12-15-22/h5-15,23-25H,16-17H2,1-4H3/t23-,24+,25-/m1/s1. The van der Waals surface area contributed by atoms with Crippen LogP contribution in [0, 0.1) is 18.8 Å². The van der Waals surface area contributed by atoms with Crippen molar-refractivity contribution in [1.29, 1.82) is 0 Å². The predicted octanol–water partition coefficient (Wildman–Crippen LogP) is 6.90. The van der Waals surface area contributed by atoms with Gasteiger partial charge in [0.25, 0.3) is 0 Å². The Balaban J connectivity index is 2.03. The minimum absolute atomic E-state index is 0.0179. The lowest BCUT2D eigenvalue weighted by atomic mass is 9.66. The molecule has 0 spiro atoms. The SMILES string of the molecule is CC(C)=CC[C@@H]1C(C)=CC[C@@H](c2ccccc2)[C@@H]1C(=O)c1ccc(C)cc1. The molecule has 0 saturated carbocycles. The van der Waals surface area contributed by atoms with Gasteiger partial charge in [0.1, 0.15) is 0 Å². The summed E-state index contributed by atoms with van der Waals surface area (Å²) < 4.78 is 0. The van der Waals surface area contributed by atoms with E-state index in [1.807, 2.05) is 30.3 Å². The van der Waals surface area contributed by atoms with Gasteiger partial charge >= 0.3 is 0 Å². The second kappa shape index (κ2) is 8.52. The average Bonchev–Trinajstić information content (AvgIpc) is 2.67. The maximum absolute atomic E-state index is 13.6. The lowest BCUT2D eigenvalue weighted by Crippen LogP contribution is -2.33. The number of allylic oxidation sites excluding steroid dienone is 4. The second-order valence-electron chi connectivity index (χ2n) is 8.08. The van der Waals surface area contributed by atoms with Crippen molar-refractivity contribution >= 4 is 5.78 Å². The van der Waals surface area contributed by atoms with E-state index in [0.717, 1.165) is 18.4 Å². The van der Waals surface area contributed by atoms with Gasteiger partial charge in [-0.25, -0.2) is 0 Å². The summed E-state index contributed by atoms with van der Waals surface area (Å²) in [7, 11) is 0. The minimum atomic E-state index is -0.0179. The number of carbonyl (C=O) groups excluding carboxylic acids is 1. The zero-order chi connectivity index (χ0) is 19.4. The molecule has 2 aromatic carbocycles. The van der Waals surface area contributed by atoms with Crippen molar-refractivity contribution in [1.82, 2.24) is 0 Å². The maximum Gasteiger partial charge on any atom is 0.167 e. The Morgan fingerprint density at radius 1 is 1.00 bits per heavy atom. The van der Waals surface area contributed by atoms with Crippen LogP contribution >= 0.6 is 0 Å². The van der Waals surface area contributed by atoms with Crippen LogP contribution in [0.25, 0.3) is 0 Å². The Hall–Kier alpha value is -2.41. The Labute approximate surface area is 163 Å². The molecule has 1 aliphatic rings. The molecule has 0 heterocycles. The van der Waals surface area contributed by atoms with Crippen LogP contribution in [0.1, 0.15) is 61.0 Å². The fourth-order valence-corrected chi connectivity index (χ4v) is 4.19. The van der Waals surface area contributed by atoms with Gasteiger partial charge < -0.3 is 0 Å². The van der Waals surface area contributed by atoms with Crippen molar-refractivity contribution in [2.24, 2.45) is 11.8 Å². The van der Waals surface area contributed by atoms with Gasteiger partial charge in [-0.1, -0.05) is 83.5 Å². The van der Waals surface area contributed by atoms with E-state index >= 15 is 0 Å². The van der Waals surface area contributed by atoms with Crippen molar-refractivity contribution in [3.05, 3.63) is 94.6 Å². The summed E-state index contributed by atoms with van der Waals surface area (Å²) in [5, 5.41) is 0. The Kier molecular flexibility index (Phi) is 6.11. The highest BCUT2D eigenvalue weighted by molar-refractivity contribution is 5.99. The van der Waals surface area contributed by atoms with Crippen LogP contribution in [-0.4, -0.2) is 5.78 Å². The van der Waals surface area contributed by atoms with Gasteiger partial charge in [0.2, 0.25) is 0 Å². The quantitative estimate of drug-likeness (QED) is 0.419. The highest BCUT2D eigenvalue weighted by Crippen LogP contribution is 2.44. The molecule has 3 atom stereocenters. The average molecular weight is 359 g/mol. The van der Waals surface area contributed by atoms with E-state index in [0.29, 0.717) is 0 Å². The third kappa shape index (κ3) is 4.47. The number of benzene rings is 2. The van der Waals surface area contributed by atoms with Gasteiger partial charge in [-0.15, -0.1) is 0 Å². The van der Waals surface area contributed by atoms with Gasteiger partial charge in [-0.05, 0) is 57.9 Å². The molecule has 0 N–H and O–H groups in total. The van der Waals surface area contributed by atoms with Gasteiger partial charge in [-0.3, -0.25) is 4.79 Å². The zero-order valence-electron chi connectivity index (χ0n) is 16.9. The van der Waals surface area contributed by atoms with Crippen molar-refractivity contribution in [3.63, 3.8) is 0 Å². The fourth-order valence-electron chi connectivity index (χ4n) is 4.19. The van der Waals surface area contributed by atoms with E-state index in [1.54, 1.807) is 0 Å². The van der Waals surface area contributed by atoms with Crippen molar-refractivity contribution in [3.8, 4) is 0 Å². The van der Waals surface area contributed by atoms with Gasteiger partial charge in [0.15, 0.2) is 5.78 Å². The summed E-state index contributed by atoms with van der Waals surface area (Å²) in [5.74, 6) is 0.756. The Bertz CT molecular complexity index is 836. The number of hydrogen-bond donors (Lipinski definition) is 0. The first kappa shape index (κ1) is 19.4. The fraction of sp³-hybridized carbons (Fsp3) is 0.346. The molecule has 0 bridgehead atoms. The highest BCUT2D eigenvalue weighted by Gasteiger charge is 2.38. The summed E-state index contributed by atoms with van der Waals surface area (Å²) in [5.41, 5.74) is 5.96. The molecule has 0 aliphatic heterocycles. The molecule has 0 unspecified atom stereocenters. The van der Waals surface area contributed by atoms with Crippen LogP contribution in [0.3, 0.4) is 0 Å². The van der Waals surface area contributed by atoms with Crippen LogP contribution in [0.4, 0.5) is 0 Å². The van der Waals surface area contributed by atoms with Crippen LogP contribution in [0.5, 0.6) is 0 Å². The van der Waals surface area contributed by atoms with Crippen molar-refractivity contribution in [2.75, 3.05) is 0 Å². The van der Waals surface area contributed by atoms with E-state index in [-0.39, 0.29) is 23.5 Å². The lowest BCUT2D eigenvalue weighted by molar-refractivity contribution is 0.0850. The van der Waals surface area contributed by atoms with Crippen LogP contribution in [0.15, 0.2) is 77.9 Å². The third-order valence-corrected chi connectivity index (χ3v) is 5.79. The molecule has 3 rings (SSSR count). The van der Waals surface area contributed by atoms with E-state index in [4.69, 9.17) is 0 Å². The monoisotopic (exact) mass is 358 g/mol. The van der Waals surface area contributed by atoms with Crippen LogP contribution in [0.2, 0.25) is 0 Å². The Morgan fingerprint density at radius 3 is 2.30 bits per heavy atom. The summed E-state index contributed by atoms with van der Waals surface area (Å²) in [6.45, 7) is 8.52. The first-order valence-electron chi connectivity index (χ1n) is 9.93. The van der Waals surface area contributed by atoms with Gasteiger partial charge in [0.05, 0.1) is 0 Å². The molecule has 1 nitrogen and oxygen atoms in total. The van der Waals surface area contributed by atoms with E-state index < -0.39 is 0 Å². The van der Waals surface area contributed by atoms with Crippen LogP contribution in [-0.2, 0) is 0 Å². The van der Waals surface area contributed by atoms with Gasteiger partial charge in [-0.2, -0.15) is 0 Å². The molecule has 1 heteroatoms. The summed E-state index contributed by atoms with van der Waals surface area (Å²) in [6, 6.07) is 18.6. The van der Waals surface area contributed by atoms with Crippen LogP contribution < -0.4 is 0 Å². The smallest absolute Gasteiger partial charge is 0.167 e. The molecule has 0 saturated heterocycles. The van der Waals surface area contributed by atoms with E-state index in [2.05, 4.69) is 64.1 Å². The largest absolute Gasteiger partial charge is 0.294 e. The predicted molar refractivity (Wildman–Crippen MR) is 114 cm³/mol. The number of hydrogen-bond acceptors (Lipinski definition) is 1. The van der Waals surface area contributed by atoms with Gasteiger partial charge in [0, 0.05) is 11.5 Å². The topological polar surface area (TPSA) is 17.1 Å². The summed E-state index contributed by atoms with van der Waals surface area (Å²) in [6.07, 6.45) is 6.49. The molecule has 140 valence electrons. The molecule has 0 amide bonds. The number of rotatable bonds is 5. The van der Waals surface area contributed by atoms with E-state index in [1.165, 1.54) is 22.3 Å². The highest BCUT2D eigenvalue weighted by atomic mass is 16.1. The van der Waals surface area contributed by atoms with E-state index in [9.17, 15) is 4.79 Å².